The zero-order valence-electron chi connectivity index (χ0n) is 4.35. The molecule has 0 bridgehead atoms. The van der Waals surface area contributed by atoms with E-state index in [9.17, 15) is 4.79 Å². The number of hydrogen-bond acceptors (Lipinski definition) is 3. The monoisotopic (exact) mass is 114 g/mol. The second-order valence-corrected chi connectivity index (χ2v) is 1.41. The average molecular weight is 114 g/mol. The number of ether oxygens (including phenoxy) is 2. The quantitative estimate of drug-likeness (QED) is 0.330. The first-order valence-electron chi connectivity index (χ1n) is 2.29. The molecule has 44 valence electrons. The van der Waals surface area contributed by atoms with Crippen LogP contribution in [0.3, 0.4) is 0 Å². The lowest BCUT2D eigenvalue weighted by Crippen LogP contribution is -2.20. The molecule has 0 aromatic rings. The van der Waals surface area contributed by atoms with Crippen LogP contribution >= 0.6 is 0 Å². The molecular formula is C5H6O3. The Bertz CT molecular complexity index is 112. The minimum atomic E-state index is -0.448. The summed E-state index contributed by atoms with van der Waals surface area (Å²) < 4.78 is 9.25. The highest BCUT2D eigenvalue weighted by Gasteiger charge is 2.13. The van der Waals surface area contributed by atoms with E-state index in [1.54, 1.807) is 0 Å². The molecule has 0 unspecified atom stereocenters. The van der Waals surface area contributed by atoms with E-state index in [-0.39, 0.29) is 5.76 Å². The Morgan fingerprint density at radius 3 is 2.38 bits per heavy atom. The van der Waals surface area contributed by atoms with Crippen molar-refractivity contribution in [2.45, 2.75) is 0 Å². The highest BCUT2D eigenvalue weighted by Crippen LogP contribution is 2.01. The summed E-state index contributed by atoms with van der Waals surface area (Å²) in [6, 6.07) is 0. The summed E-state index contributed by atoms with van der Waals surface area (Å²) in [5.41, 5.74) is 0. The zero-order valence-corrected chi connectivity index (χ0v) is 4.35. The Kier molecular flexibility index (Phi) is 1.20. The van der Waals surface area contributed by atoms with Crippen LogP contribution in [0.4, 0.5) is 0 Å². The molecule has 8 heavy (non-hydrogen) atoms. The Morgan fingerprint density at radius 1 is 1.38 bits per heavy atom. The fraction of sp³-hybridized carbons (Fsp3) is 0.400. The van der Waals surface area contributed by atoms with E-state index < -0.39 is 5.97 Å². The third-order valence-electron chi connectivity index (χ3n) is 0.820. The predicted molar refractivity (Wildman–Crippen MR) is 26.1 cm³/mol. The van der Waals surface area contributed by atoms with Crippen LogP contribution in [0.5, 0.6) is 0 Å². The topological polar surface area (TPSA) is 35.5 Å². The first-order valence-corrected chi connectivity index (χ1v) is 2.29. The second kappa shape index (κ2) is 1.86. The smallest absolute Gasteiger partial charge is 0.373 e. The second-order valence-electron chi connectivity index (χ2n) is 1.41. The summed E-state index contributed by atoms with van der Waals surface area (Å²) in [6.07, 6.45) is 0. The maximum absolute atomic E-state index is 10.3. The molecule has 0 aromatic carbocycles. The standard InChI is InChI=1S/C5H6O3/c1-4-5(6)8-3-2-7-4/h1-3H2. The van der Waals surface area contributed by atoms with Gasteiger partial charge in [-0.2, -0.15) is 0 Å². The van der Waals surface area contributed by atoms with E-state index in [1.807, 2.05) is 0 Å². The fourth-order valence-electron chi connectivity index (χ4n) is 0.439. The van der Waals surface area contributed by atoms with E-state index in [1.165, 1.54) is 0 Å². The van der Waals surface area contributed by atoms with E-state index in [0.29, 0.717) is 13.2 Å². The van der Waals surface area contributed by atoms with Crippen LogP contribution in [-0.2, 0) is 14.3 Å². The van der Waals surface area contributed by atoms with Gasteiger partial charge in [0.15, 0.2) is 5.76 Å². The lowest BCUT2D eigenvalue weighted by molar-refractivity contribution is -0.150. The van der Waals surface area contributed by atoms with Crippen molar-refractivity contribution in [2.75, 3.05) is 13.2 Å². The van der Waals surface area contributed by atoms with Gasteiger partial charge in [-0.3, -0.25) is 0 Å². The van der Waals surface area contributed by atoms with Crippen molar-refractivity contribution in [2.24, 2.45) is 0 Å². The minimum Gasteiger partial charge on any atom is -0.483 e. The Labute approximate surface area is 46.9 Å². The van der Waals surface area contributed by atoms with Gasteiger partial charge in [-0.15, -0.1) is 0 Å². The summed E-state index contributed by atoms with van der Waals surface area (Å²) in [4.78, 5) is 10.3. The number of carbonyl (C=O) groups is 1. The number of carbonyl (C=O) groups excluding carboxylic acids is 1. The molecule has 1 fully saturated rings. The molecule has 0 saturated carbocycles. The SMILES string of the molecule is C=C1OCCOC1=O. The molecule has 1 aliphatic rings. The molecule has 0 spiro atoms. The summed E-state index contributed by atoms with van der Waals surface area (Å²) >= 11 is 0. The van der Waals surface area contributed by atoms with E-state index in [0.717, 1.165) is 0 Å². The van der Waals surface area contributed by atoms with Crippen LogP contribution in [0, 0.1) is 0 Å². The Hall–Kier alpha value is -0.990. The highest BCUT2D eigenvalue weighted by molar-refractivity contribution is 5.85. The number of hydrogen-bond donors (Lipinski definition) is 0. The maximum atomic E-state index is 10.3. The molecule has 1 aliphatic heterocycles. The lowest BCUT2D eigenvalue weighted by atomic mass is 10.5. The van der Waals surface area contributed by atoms with Crippen molar-refractivity contribution in [3.8, 4) is 0 Å². The predicted octanol–water partition coefficient (Wildman–Crippen LogP) is 0.0735. The minimum absolute atomic E-state index is 0.108. The molecule has 0 N–H and O–H groups in total. The van der Waals surface area contributed by atoms with E-state index in [4.69, 9.17) is 4.74 Å². The third kappa shape index (κ3) is 0.804. The van der Waals surface area contributed by atoms with Crippen LogP contribution in [0.25, 0.3) is 0 Å². The average Bonchev–Trinajstić information content (AvgIpc) is 1.77. The Morgan fingerprint density at radius 2 is 2.00 bits per heavy atom. The van der Waals surface area contributed by atoms with Crippen molar-refractivity contribution in [1.82, 2.24) is 0 Å². The number of esters is 1. The molecule has 0 radical (unpaired) electrons. The summed E-state index contributed by atoms with van der Waals surface area (Å²) in [6.45, 7) is 4.08. The van der Waals surface area contributed by atoms with Crippen molar-refractivity contribution >= 4 is 5.97 Å². The zero-order chi connectivity index (χ0) is 5.98. The molecule has 0 aliphatic carbocycles. The van der Waals surface area contributed by atoms with Crippen molar-refractivity contribution in [1.29, 1.82) is 0 Å². The van der Waals surface area contributed by atoms with Gasteiger partial charge in [0.1, 0.15) is 13.2 Å². The van der Waals surface area contributed by atoms with Crippen LogP contribution < -0.4 is 0 Å². The first-order chi connectivity index (χ1) is 3.80. The van der Waals surface area contributed by atoms with Gasteiger partial charge in [0.25, 0.3) is 0 Å². The van der Waals surface area contributed by atoms with Crippen molar-refractivity contribution < 1.29 is 14.3 Å². The van der Waals surface area contributed by atoms with Crippen molar-refractivity contribution in [3.63, 3.8) is 0 Å². The molecule has 0 atom stereocenters. The fourth-order valence-corrected chi connectivity index (χ4v) is 0.439. The third-order valence-corrected chi connectivity index (χ3v) is 0.820. The number of cyclic esters (lactones) is 1. The van der Waals surface area contributed by atoms with Gasteiger partial charge in [-0.05, 0) is 6.58 Å². The van der Waals surface area contributed by atoms with E-state index in [2.05, 4.69) is 11.3 Å². The summed E-state index contributed by atoms with van der Waals surface area (Å²) in [5.74, 6) is -0.340. The van der Waals surface area contributed by atoms with Gasteiger partial charge in [0, 0.05) is 0 Å². The molecule has 0 aromatic heterocycles. The molecule has 1 heterocycles. The van der Waals surface area contributed by atoms with Crippen LogP contribution in [0.2, 0.25) is 0 Å². The molecule has 3 nitrogen and oxygen atoms in total. The van der Waals surface area contributed by atoms with Gasteiger partial charge in [-0.1, -0.05) is 0 Å². The largest absolute Gasteiger partial charge is 0.483 e. The van der Waals surface area contributed by atoms with Crippen LogP contribution in [0.15, 0.2) is 12.3 Å². The van der Waals surface area contributed by atoms with Crippen molar-refractivity contribution in [3.05, 3.63) is 12.3 Å². The van der Waals surface area contributed by atoms with E-state index >= 15 is 0 Å². The molecule has 0 amide bonds. The van der Waals surface area contributed by atoms with Gasteiger partial charge in [0.2, 0.25) is 0 Å². The summed E-state index contributed by atoms with van der Waals surface area (Å²) in [7, 11) is 0. The van der Waals surface area contributed by atoms with Gasteiger partial charge >= 0.3 is 5.97 Å². The number of rotatable bonds is 0. The van der Waals surface area contributed by atoms with Crippen LogP contribution in [-0.4, -0.2) is 19.2 Å². The van der Waals surface area contributed by atoms with Gasteiger partial charge < -0.3 is 9.47 Å². The first kappa shape index (κ1) is 5.15. The Balaban J connectivity index is 2.52. The van der Waals surface area contributed by atoms with Gasteiger partial charge in [-0.25, -0.2) is 4.79 Å². The summed E-state index contributed by atoms with van der Waals surface area (Å²) in [5, 5.41) is 0. The highest BCUT2D eigenvalue weighted by atomic mass is 16.6. The molecule has 1 rings (SSSR count). The molecule has 3 heteroatoms. The molecule has 1 saturated heterocycles. The van der Waals surface area contributed by atoms with Crippen LogP contribution in [0.1, 0.15) is 0 Å². The normalized spacial score (nSPS) is 19.5. The molecular weight excluding hydrogens is 108 g/mol. The lowest BCUT2D eigenvalue weighted by Gasteiger charge is -2.13. The van der Waals surface area contributed by atoms with Gasteiger partial charge in [0.05, 0.1) is 0 Å². The maximum Gasteiger partial charge on any atom is 0.373 e.